The Hall–Kier alpha value is -0.870. The molecule has 3 nitrogen and oxygen atoms in total. The van der Waals surface area contributed by atoms with Gasteiger partial charge in [-0.05, 0) is 32.3 Å². The monoisotopic (exact) mass is 279 g/mol. The van der Waals surface area contributed by atoms with Gasteiger partial charge in [-0.15, -0.1) is 0 Å². The molecule has 0 spiro atoms. The van der Waals surface area contributed by atoms with Crippen LogP contribution in [0.3, 0.4) is 0 Å². The van der Waals surface area contributed by atoms with E-state index in [1.54, 1.807) is 0 Å². The average Bonchev–Trinajstić information content (AvgIpc) is 2.77. The molecule has 1 aromatic rings. The molecule has 1 aromatic heterocycles. The van der Waals surface area contributed by atoms with Gasteiger partial charge in [0.25, 0.3) is 0 Å². The highest BCUT2D eigenvalue weighted by Gasteiger charge is 2.15. The van der Waals surface area contributed by atoms with Gasteiger partial charge in [0.05, 0.1) is 10.6 Å². The summed E-state index contributed by atoms with van der Waals surface area (Å²) in [6, 6.07) is 0.538. The smallest absolute Gasteiger partial charge is 0.186 e. The van der Waals surface area contributed by atoms with Crippen LogP contribution < -0.4 is 10.2 Å². The molecule has 0 unspecified atom stereocenters. The molecular weight excluding hydrogens is 254 g/mol. The summed E-state index contributed by atoms with van der Waals surface area (Å²) in [6.45, 7) is 9.71. The van der Waals surface area contributed by atoms with E-state index in [1.807, 2.05) is 11.3 Å². The SMILES string of the molecule is Cc1nc(N2CCCCC2)sc1C=CCNC(C)C. The lowest BCUT2D eigenvalue weighted by atomic mass is 10.1. The zero-order valence-electron chi connectivity index (χ0n) is 12.3. The minimum atomic E-state index is 0.538. The lowest BCUT2D eigenvalue weighted by Gasteiger charge is -2.25. The summed E-state index contributed by atoms with van der Waals surface area (Å²) in [4.78, 5) is 8.45. The van der Waals surface area contributed by atoms with Crippen molar-refractivity contribution in [2.24, 2.45) is 0 Å². The van der Waals surface area contributed by atoms with Gasteiger partial charge in [-0.3, -0.25) is 0 Å². The van der Waals surface area contributed by atoms with Crippen LogP contribution in [0.4, 0.5) is 5.13 Å². The van der Waals surface area contributed by atoms with Crippen molar-refractivity contribution >= 4 is 22.5 Å². The number of thiazole rings is 1. The zero-order chi connectivity index (χ0) is 13.7. The van der Waals surface area contributed by atoms with Crippen LogP contribution in [0, 0.1) is 6.92 Å². The maximum absolute atomic E-state index is 4.72. The maximum Gasteiger partial charge on any atom is 0.186 e. The van der Waals surface area contributed by atoms with E-state index in [4.69, 9.17) is 4.98 Å². The summed E-state index contributed by atoms with van der Waals surface area (Å²) in [5.41, 5.74) is 1.16. The number of anilines is 1. The minimum absolute atomic E-state index is 0.538. The molecule has 106 valence electrons. The topological polar surface area (TPSA) is 28.2 Å². The number of rotatable bonds is 5. The van der Waals surface area contributed by atoms with E-state index in [0.29, 0.717) is 6.04 Å². The fourth-order valence-electron chi connectivity index (χ4n) is 2.24. The van der Waals surface area contributed by atoms with Crippen molar-refractivity contribution in [1.82, 2.24) is 10.3 Å². The van der Waals surface area contributed by atoms with Crippen molar-refractivity contribution in [3.8, 4) is 0 Å². The van der Waals surface area contributed by atoms with E-state index >= 15 is 0 Å². The summed E-state index contributed by atoms with van der Waals surface area (Å²) in [7, 11) is 0. The van der Waals surface area contributed by atoms with Gasteiger partial charge in [-0.1, -0.05) is 31.3 Å². The summed E-state index contributed by atoms with van der Waals surface area (Å²) < 4.78 is 0. The van der Waals surface area contributed by atoms with Gasteiger partial charge in [0.15, 0.2) is 5.13 Å². The van der Waals surface area contributed by atoms with Crippen molar-refractivity contribution in [3.63, 3.8) is 0 Å². The van der Waals surface area contributed by atoms with E-state index in [0.717, 1.165) is 12.2 Å². The van der Waals surface area contributed by atoms with Crippen LogP contribution in [0.5, 0.6) is 0 Å². The highest BCUT2D eigenvalue weighted by molar-refractivity contribution is 7.16. The van der Waals surface area contributed by atoms with Gasteiger partial charge >= 0.3 is 0 Å². The van der Waals surface area contributed by atoms with Crippen LogP contribution in [0.2, 0.25) is 0 Å². The maximum atomic E-state index is 4.72. The number of hydrogen-bond donors (Lipinski definition) is 1. The largest absolute Gasteiger partial charge is 0.348 e. The molecule has 0 amide bonds. The molecule has 1 saturated heterocycles. The van der Waals surface area contributed by atoms with Gasteiger partial charge in [0, 0.05) is 25.7 Å². The van der Waals surface area contributed by atoms with Crippen LogP contribution in [0.1, 0.15) is 43.7 Å². The molecular formula is C15H25N3S. The summed E-state index contributed by atoms with van der Waals surface area (Å²) in [6.07, 6.45) is 8.38. The van der Waals surface area contributed by atoms with E-state index in [-0.39, 0.29) is 0 Å². The van der Waals surface area contributed by atoms with Crippen molar-refractivity contribution in [2.75, 3.05) is 24.5 Å². The Morgan fingerprint density at radius 3 is 2.74 bits per heavy atom. The van der Waals surface area contributed by atoms with Crippen molar-refractivity contribution in [1.29, 1.82) is 0 Å². The van der Waals surface area contributed by atoms with E-state index in [2.05, 4.69) is 43.1 Å². The van der Waals surface area contributed by atoms with Crippen molar-refractivity contribution in [3.05, 3.63) is 16.6 Å². The molecule has 0 aromatic carbocycles. The first kappa shape index (κ1) is 14.5. The lowest BCUT2D eigenvalue weighted by Crippen LogP contribution is -2.29. The molecule has 2 rings (SSSR count). The van der Waals surface area contributed by atoms with E-state index < -0.39 is 0 Å². The highest BCUT2D eigenvalue weighted by Crippen LogP contribution is 2.29. The van der Waals surface area contributed by atoms with Crippen LogP contribution >= 0.6 is 11.3 Å². The summed E-state index contributed by atoms with van der Waals surface area (Å²) in [5, 5.41) is 4.59. The molecule has 0 saturated carbocycles. The van der Waals surface area contributed by atoms with Crippen LogP contribution in [-0.4, -0.2) is 30.7 Å². The highest BCUT2D eigenvalue weighted by atomic mass is 32.1. The predicted molar refractivity (Wildman–Crippen MR) is 85.1 cm³/mol. The van der Waals surface area contributed by atoms with E-state index in [9.17, 15) is 0 Å². The Morgan fingerprint density at radius 2 is 2.05 bits per heavy atom. The molecule has 1 aliphatic rings. The van der Waals surface area contributed by atoms with Gasteiger partial charge in [0.2, 0.25) is 0 Å². The Morgan fingerprint density at radius 1 is 1.32 bits per heavy atom. The normalized spacial score (nSPS) is 16.7. The van der Waals surface area contributed by atoms with Crippen LogP contribution in [0.25, 0.3) is 6.08 Å². The Bertz CT molecular complexity index is 417. The second-order valence-corrected chi connectivity index (χ2v) is 6.47. The first-order valence-corrected chi connectivity index (χ1v) is 8.11. The van der Waals surface area contributed by atoms with Crippen LogP contribution in [-0.2, 0) is 0 Å². The van der Waals surface area contributed by atoms with Crippen molar-refractivity contribution in [2.45, 2.75) is 46.1 Å². The number of aromatic nitrogens is 1. The molecule has 0 radical (unpaired) electrons. The molecule has 19 heavy (non-hydrogen) atoms. The third-order valence-corrected chi connectivity index (χ3v) is 4.54. The fraction of sp³-hybridized carbons (Fsp3) is 0.667. The van der Waals surface area contributed by atoms with Crippen LogP contribution in [0.15, 0.2) is 6.08 Å². The number of nitrogens with zero attached hydrogens (tertiary/aromatic N) is 2. The molecule has 0 atom stereocenters. The Labute approximate surface area is 120 Å². The minimum Gasteiger partial charge on any atom is -0.348 e. The fourth-order valence-corrected chi connectivity index (χ4v) is 3.29. The first-order chi connectivity index (χ1) is 9.16. The zero-order valence-corrected chi connectivity index (χ0v) is 13.1. The predicted octanol–water partition coefficient (Wildman–Crippen LogP) is 3.45. The molecule has 1 fully saturated rings. The molecule has 1 aliphatic heterocycles. The second kappa shape index (κ2) is 7.06. The third-order valence-electron chi connectivity index (χ3n) is 3.36. The molecule has 0 aliphatic carbocycles. The summed E-state index contributed by atoms with van der Waals surface area (Å²) >= 11 is 1.83. The second-order valence-electron chi connectivity index (χ2n) is 5.46. The summed E-state index contributed by atoms with van der Waals surface area (Å²) in [5.74, 6) is 0. The third kappa shape index (κ3) is 4.32. The number of piperidine rings is 1. The first-order valence-electron chi connectivity index (χ1n) is 7.29. The molecule has 0 bridgehead atoms. The average molecular weight is 279 g/mol. The Balaban J connectivity index is 1.96. The lowest BCUT2D eigenvalue weighted by molar-refractivity contribution is 0.576. The molecule has 1 N–H and O–H groups in total. The van der Waals surface area contributed by atoms with Gasteiger partial charge in [0.1, 0.15) is 0 Å². The standard InChI is InChI=1S/C15H25N3S/c1-12(2)16-9-7-8-14-13(3)17-15(19-14)18-10-5-4-6-11-18/h7-8,12,16H,4-6,9-11H2,1-3H3. The van der Waals surface area contributed by atoms with E-state index in [1.165, 1.54) is 42.4 Å². The van der Waals surface area contributed by atoms with Crippen molar-refractivity contribution < 1.29 is 0 Å². The number of nitrogens with one attached hydrogen (secondary N) is 1. The Kier molecular flexibility index (Phi) is 5.40. The molecule has 2 heterocycles. The number of hydrogen-bond acceptors (Lipinski definition) is 4. The quantitative estimate of drug-likeness (QED) is 0.895. The van der Waals surface area contributed by atoms with Gasteiger partial charge < -0.3 is 10.2 Å². The van der Waals surface area contributed by atoms with Gasteiger partial charge in [-0.2, -0.15) is 0 Å². The number of aryl methyl sites for hydroxylation is 1. The molecule has 4 heteroatoms. The van der Waals surface area contributed by atoms with Gasteiger partial charge in [-0.25, -0.2) is 4.98 Å².